The van der Waals surface area contributed by atoms with Crippen molar-refractivity contribution < 1.29 is 14.4 Å². The van der Waals surface area contributed by atoms with Crippen LogP contribution in [0.15, 0.2) is 59.7 Å². The summed E-state index contributed by atoms with van der Waals surface area (Å²) in [5, 5.41) is 11.0. The molecule has 6 heterocycles. The molecule has 3 aliphatic rings. The fourth-order valence-electron chi connectivity index (χ4n) is 8.08. The molecule has 2 N–H and O–H groups in total. The molecule has 2 aliphatic heterocycles. The van der Waals surface area contributed by atoms with Gasteiger partial charge in [-0.15, -0.1) is 0 Å². The quantitative estimate of drug-likeness (QED) is 0.244. The van der Waals surface area contributed by atoms with Gasteiger partial charge in [0.2, 0.25) is 11.8 Å². The molecule has 8 rings (SSSR count). The lowest BCUT2D eigenvalue weighted by Gasteiger charge is -2.39. The first-order valence-electron chi connectivity index (χ1n) is 17.8. The monoisotopic (exact) mass is 690 g/mol. The van der Waals surface area contributed by atoms with E-state index in [1.165, 1.54) is 0 Å². The van der Waals surface area contributed by atoms with Crippen molar-refractivity contribution >= 4 is 51.2 Å². The number of para-hydroxylation sites is 1. The molecule has 1 aromatic carbocycles. The summed E-state index contributed by atoms with van der Waals surface area (Å²) >= 11 is 0. The van der Waals surface area contributed by atoms with Crippen molar-refractivity contribution in [1.29, 1.82) is 0 Å². The van der Waals surface area contributed by atoms with Crippen LogP contribution in [0.2, 0.25) is 0 Å². The zero-order valence-corrected chi connectivity index (χ0v) is 28.9. The number of piperidine rings is 1. The smallest absolute Gasteiger partial charge is 0.329 e. The summed E-state index contributed by atoms with van der Waals surface area (Å²) in [6, 6.07) is 12.8. The molecular weight excluding hydrogens is 648 g/mol. The molecule has 4 aromatic heterocycles. The van der Waals surface area contributed by atoms with Crippen molar-refractivity contribution in [1.82, 2.24) is 39.1 Å². The van der Waals surface area contributed by atoms with Gasteiger partial charge >= 0.3 is 5.69 Å². The Hall–Kier alpha value is -5.37. The van der Waals surface area contributed by atoms with E-state index in [0.29, 0.717) is 29.9 Å². The number of imidazole rings is 1. The van der Waals surface area contributed by atoms with Gasteiger partial charge in [0, 0.05) is 63.5 Å². The summed E-state index contributed by atoms with van der Waals surface area (Å²) in [6.45, 7) is 6.50. The SMILES string of the molecule is Cc1cccc(C(=O)Nc2cc3cn([C@H]4CC[C@H](CN5CCN(c6cccc7c6n(C)c(=O)n7C6CCC(=O)NC6=O)CC5)CC4)nc3cn2)n1. The van der Waals surface area contributed by atoms with E-state index in [4.69, 9.17) is 5.10 Å². The molecule has 264 valence electrons. The van der Waals surface area contributed by atoms with Crippen LogP contribution in [0.4, 0.5) is 11.5 Å². The fraction of sp³-hybridized carbons (Fsp3) is 0.432. The van der Waals surface area contributed by atoms with Gasteiger partial charge in [0.05, 0.1) is 29.0 Å². The number of pyridine rings is 2. The van der Waals surface area contributed by atoms with Gasteiger partial charge in [-0.1, -0.05) is 12.1 Å². The highest BCUT2D eigenvalue weighted by molar-refractivity contribution is 6.03. The van der Waals surface area contributed by atoms with Crippen LogP contribution in [0, 0.1) is 12.8 Å². The van der Waals surface area contributed by atoms with Gasteiger partial charge in [-0.3, -0.25) is 38.4 Å². The minimum Gasteiger partial charge on any atom is -0.367 e. The maximum atomic E-state index is 13.4. The maximum absolute atomic E-state index is 13.4. The van der Waals surface area contributed by atoms with Gasteiger partial charge in [-0.2, -0.15) is 5.10 Å². The third-order valence-corrected chi connectivity index (χ3v) is 10.8. The Morgan fingerprint density at radius 3 is 2.53 bits per heavy atom. The van der Waals surface area contributed by atoms with Crippen molar-refractivity contribution in [2.24, 2.45) is 13.0 Å². The second-order valence-electron chi connectivity index (χ2n) is 14.1. The van der Waals surface area contributed by atoms with Crippen molar-refractivity contribution in [2.75, 3.05) is 42.9 Å². The number of benzene rings is 1. The highest BCUT2D eigenvalue weighted by Crippen LogP contribution is 2.34. The van der Waals surface area contributed by atoms with Crippen LogP contribution in [0.25, 0.3) is 21.9 Å². The number of amides is 3. The van der Waals surface area contributed by atoms with Gasteiger partial charge in [-0.25, -0.2) is 14.8 Å². The standard InChI is InChI=1S/C37H42N10O4/c1-23-5-3-6-27(39-23)35(49)40-32-19-25-22-46(42-28(25)20-38-32)26-11-9-24(10-12-26)21-44-15-17-45(18-16-44)29-7-4-8-30-34(29)43(2)37(51)47(30)31-13-14-33(48)41-36(31)50/h3-8,19-20,22,24,26,31H,9-18,21H2,1-2H3,(H,40,49)(H,41,48,50)/t24-,26-,31?. The van der Waals surface area contributed by atoms with Crippen molar-refractivity contribution in [3.05, 3.63) is 76.7 Å². The van der Waals surface area contributed by atoms with Crippen LogP contribution < -0.4 is 21.2 Å². The van der Waals surface area contributed by atoms with E-state index >= 15 is 0 Å². The number of aryl methyl sites for hydroxylation is 2. The molecular formula is C37H42N10O4. The summed E-state index contributed by atoms with van der Waals surface area (Å²) in [5.74, 6) is 0.103. The number of rotatable bonds is 7. The molecule has 2 saturated heterocycles. The number of imide groups is 1. The van der Waals surface area contributed by atoms with E-state index in [0.717, 1.165) is 91.7 Å². The first kappa shape index (κ1) is 32.8. The van der Waals surface area contributed by atoms with E-state index in [1.807, 2.05) is 37.3 Å². The van der Waals surface area contributed by atoms with Crippen LogP contribution in [0.5, 0.6) is 0 Å². The zero-order chi connectivity index (χ0) is 35.2. The van der Waals surface area contributed by atoms with Crippen molar-refractivity contribution in [3.63, 3.8) is 0 Å². The summed E-state index contributed by atoms with van der Waals surface area (Å²) < 4.78 is 5.27. The zero-order valence-electron chi connectivity index (χ0n) is 28.9. The number of fused-ring (bicyclic) bond motifs is 2. The van der Waals surface area contributed by atoms with E-state index in [2.05, 4.69) is 47.3 Å². The minimum absolute atomic E-state index is 0.220. The Morgan fingerprint density at radius 2 is 1.76 bits per heavy atom. The lowest BCUT2D eigenvalue weighted by molar-refractivity contribution is -0.135. The number of nitrogens with one attached hydrogen (secondary N) is 2. The topological polar surface area (TPSA) is 152 Å². The molecule has 3 amide bonds. The number of aromatic nitrogens is 6. The Morgan fingerprint density at radius 1 is 0.980 bits per heavy atom. The molecule has 1 unspecified atom stereocenters. The Balaban J connectivity index is 0.863. The number of piperazine rings is 1. The fourth-order valence-corrected chi connectivity index (χ4v) is 8.08. The molecule has 3 fully saturated rings. The first-order valence-corrected chi connectivity index (χ1v) is 17.8. The third kappa shape index (κ3) is 6.39. The number of hydrogen-bond donors (Lipinski definition) is 2. The largest absolute Gasteiger partial charge is 0.367 e. The Kier molecular flexibility index (Phi) is 8.62. The number of carbonyl (C=O) groups is 3. The molecule has 14 heteroatoms. The normalized spacial score (nSPS) is 21.7. The molecule has 1 saturated carbocycles. The number of carbonyl (C=O) groups excluding carboxylic acids is 3. The summed E-state index contributed by atoms with van der Waals surface area (Å²) in [4.78, 5) is 64.1. The van der Waals surface area contributed by atoms with Crippen LogP contribution in [0.1, 0.15) is 66.8 Å². The van der Waals surface area contributed by atoms with Crippen LogP contribution in [-0.4, -0.2) is 84.2 Å². The number of hydrogen-bond acceptors (Lipinski definition) is 9. The Labute approximate surface area is 294 Å². The average molecular weight is 691 g/mol. The van der Waals surface area contributed by atoms with E-state index in [9.17, 15) is 19.2 Å². The van der Waals surface area contributed by atoms with Crippen molar-refractivity contribution in [3.8, 4) is 0 Å². The second kappa shape index (κ2) is 13.4. The molecule has 1 aliphatic carbocycles. The lowest BCUT2D eigenvalue weighted by atomic mass is 9.85. The van der Waals surface area contributed by atoms with E-state index in [-0.39, 0.29) is 23.9 Å². The molecule has 0 spiro atoms. The average Bonchev–Trinajstić information content (AvgIpc) is 3.67. The van der Waals surface area contributed by atoms with E-state index in [1.54, 1.807) is 28.4 Å². The maximum Gasteiger partial charge on any atom is 0.329 e. The van der Waals surface area contributed by atoms with Gasteiger partial charge < -0.3 is 10.2 Å². The van der Waals surface area contributed by atoms with Crippen molar-refractivity contribution in [2.45, 2.75) is 57.5 Å². The van der Waals surface area contributed by atoms with Gasteiger partial charge in [0.25, 0.3) is 5.91 Å². The predicted molar refractivity (Wildman–Crippen MR) is 193 cm³/mol. The highest BCUT2D eigenvalue weighted by atomic mass is 16.2. The molecule has 1 atom stereocenters. The van der Waals surface area contributed by atoms with Gasteiger partial charge in [0.15, 0.2) is 0 Å². The molecule has 0 bridgehead atoms. The molecule has 5 aromatic rings. The molecule has 0 radical (unpaired) electrons. The number of anilines is 2. The number of nitrogens with zero attached hydrogens (tertiary/aromatic N) is 8. The summed E-state index contributed by atoms with van der Waals surface area (Å²) in [7, 11) is 1.76. The first-order chi connectivity index (χ1) is 24.7. The molecule has 14 nitrogen and oxygen atoms in total. The molecule has 51 heavy (non-hydrogen) atoms. The van der Waals surface area contributed by atoms with E-state index < -0.39 is 11.9 Å². The van der Waals surface area contributed by atoms with Crippen LogP contribution in [0.3, 0.4) is 0 Å². The summed E-state index contributed by atoms with van der Waals surface area (Å²) in [5.41, 5.74) is 4.25. The van der Waals surface area contributed by atoms with Crippen LogP contribution in [-0.2, 0) is 16.6 Å². The summed E-state index contributed by atoms with van der Waals surface area (Å²) in [6.07, 6.45) is 8.72. The minimum atomic E-state index is -0.694. The van der Waals surface area contributed by atoms with Gasteiger partial charge in [0.1, 0.15) is 23.1 Å². The van der Waals surface area contributed by atoms with Crippen LogP contribution >= 0.6 is 0 Å². The highest BCUT2D eigenvalue weighted by Gasteiger charge is 2.33. The lowest BCUT2D eigenvalue weighted by Crippen LogP contribution is -2.48. The predicted octanol–water partition coefficient (Wildman–Crippen LogP) is 3.57. The Bertz CT molecular complexity index is 2200. The third-order valence-electron chi connectivity index (χ3n) is 10.8. The second-order valence-corrected chi connectivity index (χ2v) is 14.1. The van der Waals surface area contributed by atoms with Gasteiger partial charge in [-0.05, 0) is 75.3 Å².